The number of aldehydes is 1. The minimum atomic E-state index is -0.359. The molecule has 0 saturated heterocycles. The van der Waals surface area contributed by atoms with Crippen LogP contribution in [0.5, 0.6) is 0 Å². The molecule has 7 nitrogen and oxygen atoms in total. The topological polar surface area (TPSA) is 92.4 Å². The Bertz CT molecular complexity index is 359. The molecule has 0 atom stereocenters. The van der Waals surface area contributed by atoms with Gasteiger partial charge in [-0.3, -0.25) is 0 Å². The molecule has 0 spiro atoms. The average Bonchev–Trinajstić information content (AvgIpc) is 2.54. The van der Waals surface area contributed by atoms with Crippen LogP contribution in [0.1, 0.15) is 53.4 Å². The number of hydrogen-bond acceptors (Lipinski definition) is 7. The predicted molar refractivity (Wildman–Crippen MR) is 98.3 cm³/mol. The summed E-state index contributed by atoms with van der Waals surface area (Å²) in [5.41, 5.74) is -0.550. The third-order valence-electron chi connectivity index (χ3n) is 3.45. The number of nitrogens with two attached hydrogens (primary N) is 1. The van der Waals surface area contributed by atoms with Crippen LogP contribution in [0.4, 0.5) is 0 Å². The first kappa shape index (κ1) is 24.0. The number of unbranched alkanes of at least 4 members (excludes halogenated alkanes) is 2. The Balaban J connectivity index is 3.50. The van der Waals surface area contributed by atoms with Crippen molar-refractivity contribution in [2.75, 3.05) is 39.6 Å². The number of nitrogens with zero attached hydrogens (tertiary/aromatic N) is 1. The largest absolute Gasteiger partial charge is 0.394 e. The molecular weight excluding hydrogens is 324 g/mol. The lowest BCUT2D eigenvalue weighted by atomic mass is 9.77. The van der Waals surface area contributed by atoms with Gasteiger partial charge < -0.3 is 23.9 Å². The molecule has 0 aromatic rings. The van der Waals surface area contributed by atoms with Crippen molar-refractivity contribution in [3.05, 3.63) is 0 Å². The van der Waals surface area contributed by atoms with Crippen LogP contribution in [0.3, 0.4) is 0 Å². The second-order valence-corrected chi connectivity index (χ2v) is 7.50. The van der Waals surface area contributed by atoms with E-state index in [9.17, 15) is 4.79 Å². The zero-order valence-corrected chi connectivity index (χ0v) is 16.3. The number of ether oxygens (including phenoxy) is 2. The van der Waals surface area contributed by atoms with E-state index < -0.39 is 0 Å². The van der Waals surface area contributed by atoms with Gasteiger partial charge in [0, 0.05) is 30.3 Å². The van der Waals surface area contributed by atoms with Gasteiger partial charge in [-0.1, -0.05) is 32.9 Å². The fraction of sp³-hybridized carbons (Fsp3) is 0.889. The van der Waals surface area contributed by atoms with E-state index in [1.54, 1.807) is 6.21 Å². The SMILES string of the molecule is CC(C)(C=O)CC(C)(C)/C=N/OCCOCCCCCOCCON. The van der Waals surface area contributed by atoms with Gasteiger partial charge in [0.1, 0.15) is 12.9 Å². The van der Waals surface area contributed by atoms with Crippen LogP contribution in [0, 0.1) is 10.8 Å². The maximum Gasteiger partial charge on any atom is 0.140 e. The van der Waals surface area contributed by atoms with Crippen molar-refractivity contribution >= 4 is 12.5 Å². The summed E-state index contributed by atoms with van der Waals surface area (Å²) in [5, 5.41) is 3.99. The van der Waals surface area contributed by atoms with Crippen molar-refractivity contribution < 1.29 is 23.9 Å². The highest BCUT2D eigenvalue weighted by Gasteiger charge is 2.27. The second-order valence-electron chi connectivity index (χ2n) is 7.50. The molecule has 0 aliphatic carbocycles. The van der Waals surface area contributed by atoms with Crippen molar-refractivity contribution in [1.29, 1.82) is 0 Å². The Kier molecular flexibility index (Phi) is 13.6. The highest BCUT2D eigenvalue weighted by molar-refractivity contribution is 5.66. The maximum absolute atomic E-state index is 11.0. The fourth-order valence-electron chi connectivity index (χ4n) is 2.49. The van der Waals surface area contributed by atoms with Gasteiger partial charge in [0.2, 0.25) is 0 Å². The number of rotatable bonds is 17. The summed E-state index contributed by atoms with van der Waals surface area (Å²) >= 11 is 0. The van der Waals surface area contributed by atoms with Crippen LogP contribution in [-0.2, 0) is 23.9 Å². The van der Waals surface area contributed by atoms with Crippen LogP contribution < -0.4 is 5.90 Å². The number of oxime groups is 1. The molecular formula is C18H36N2O5. The highest BCUT2D eigenvalue weighted by Crippen LogP contribution is 2.30. The van der Waals surface area contributed by atoms with Crippen LogP contribution in [-0.4, -0.2) is 52.1 Å². The quantitative estimate of drug-likeness (QED) is 0.186. The Hall–Kier alpha value is -1.02. The first-order valence-electron chi connectivity index (χ1n) is 8.93. The average molecular weight is 360 g/mol. The Morgan fingerprint density at radius 1 is 0.840 bits per heavy atom. The van der Waals surface area contributed by atoms with Crippen LogP contribution in [0.2, 0.25) is 0 Å². The van der Waals surface area contributed by atoms with Gasteiger partial charge >= 0.3 is 0 Å². The zero-order valence-electron chi connectivity index (χ0n) is 16.3. The molecule has 0 fully saturated rings. The molecule has 2 N–H and O–H groups in total. The van der Waals surface area contributed by atoms with E-state index in [-0.39, 0.29) is 10.8 Å². The first-order valence-corrected chi connectivity index (χ1v) is 8.93. The first-order chi connectivity index (χ1) is 11.8. The van der Waals surface area contributed by atoms with E-state index in [2.05, 4.69) is 9.99 Å². The van der Waals surface area contributed by atoms with Crippen LogP contribution >= 0.6 is 0 Å². The normalized spacial score (nSPS) is 12.7. The molecule has 0 aromatic carbocycles. The van der Waals surface area contributed by atoms with Crippen molar-refractivity contribution in [3.8, 4) is 0 Å². The monoisotopic (exact) mass is 360 g/mol. The fourth-order valence-corrected chi connectivity index (χ4v) is 2.49. The van der Waals surface area contributed by atoms with E-state index in [1.165, 1.54) is 0 Å². The van der Waals surface area contributed by atoms with E-state index in [0.29, 0.717) is 33.0 Å². The lowest BCUT2D eigenvalue weighted by Gasteiger charge is -2.27. The van der Waals surface area contributed by atoms with Crippen LogP contribution in [0.15, 0.2) is 5.16 Å². The van der Waals surface area contributed by atoms with Gasteiger partial charge in [-0.25, -0.2) is 5.90 Å². The summed E-state index contributed by atoms with van der Waals surface area (Å²) in [5.74, 6) is 4.89. The smallest absolute Gasteiger partial charge is 0.140 e. The van der Waals surface area contributed by atoms with E-state index in [0.717, 1.165) is 38.6 Å². The summed E-state index contributed by atoms with van der Waals surface area (Å²) in [6.45, 7) is 11.2. The molecule has 7 heteroatoms. The molecule has 0 aliphatic rings. The summed E-state index contributed by atoms with van der Waals surface area (Å²) < 4.78 is 10.8. The van der Waals surface area contributed by atoms with E-state index in [4.69, 9.17) is 20.2 Å². The van der Waals surface area contributed by atoms with Crippen molar-refractivity contribution in [2.24, 2.45) is 21.9 Å². The summed E-state index contributed by atoms with van der Waals surface area (Å²) in [6, 6.07) is 0. The zero-order chi connectivity index (χ0) is 19.0. The minimum Gasteiger partial charge on any atom is -0.394 e. The second kappa shape index (κ2) is 14.2. The van der Waals surface area contributed by atoms with E-state index in [1.807, 2.05) is 27.7 Å². The maximum atomic E-state index is 11.0. The van der Waals surface area contributed by atoms with Crippen LogP contribution in [0.25, 0.3) is 0 Å². The van der Waals surface area contributed by atoms with Gasteiger partial charge in [-0.05, 0) is 25.7 Å². The third kappa shape index (κ3) is 16.2. The molecule has 0 saturated carbocycles. The van der Waals surface area contributed by atoms with Gasteiger partial charge in [-0.2, -0.15) is 0 Å². The van der Waals surface area contributed by atoms with Crippen molar-refractivity contribution in [2.45, 2.75) is 53.4 Å². The van der Waals surface area contributed by atoms with Gasteiger partial charge in [0.15, 0.2) is 0 Å². The lowest BCUT2D eigenvalue weighted by Crippen LogP contribution is -2.25. The minimum absolute atomic E-state index is 0.191. The number of carbonyl (C=O) groups is 1. The Labute approximate surface area is 152 Å². The van der Waals surface area contributed by atoms with E-state index >= 15 is 0 Å². The van der Waals surface area contributed by atoms with Crippen molar-refractivity contribution in [3.63, 3.8) is 0 Å². The Morgan fingerprint density at radius 2 is 1.44 bits per heavy atom. The molecule has 0 radical (unpaired) electrons. The molecule has 0 aliphatic heterocycles. The molecule has 0 bridgehead atoms. The molecule has 25 heavy (non-hydrogen) atoms. The Morgan fingerprint density at radius 3 is 2.00 bits per heavy atom. The van der Waals surface area contributed by atoms with Gasteiger partial charge in [0.05, 0.1) is 19.8 Å². The van der Waals surface area contributed by atoms with Gasteiger partial charge in [0.25, 0.3) is 0 Å². The molecule has 148 valence electrons. The summed E-state index contributed by atoms with van der Waals surface area (Å²) in [6.07, 6.45) is 6.51. The standard InChI is InChI=1S/C18H36N2O5/c1-17(2,14-18(3,4)16-21)15-20-25-13-11-23-9-7-5-6-8-22-10-12-24-19/h15-16H,5-14,19H2,1-4H3/b20-15+. The highest BCUT2D eigenvalue weighted by atomic mass is 16.6. The molecule has 0 aromatic heterocycles. The third-order valence-corrected chi connectivity index (χ3v) is 3.45. The molecule has 0 unspecified atom stereocenters. The number of hydrogen-bond donors (Lipinski definition) is 1. The molecule has 0 rings (SSSR count). The lowest BCUT2D eigenvalue weighted by molar-refractivity contribution is -0.115. The van der Waals surface area contributed by atoms with Crippen molar-refractivity contribution in [1.82, 2.24) is 0 Å². The molecule has 0 heterocycles. The number of carbonyl (C=O) groups excluding carboxylic acids is 1. The summed E-state index contributed by atoms with van der Waals surface area (Å²) in [4.78, 5) is 20.6. The predicted octanol–water partition coefficient (Wildman–Crippen LogP) is 2.72. The van der Waals surface area contributed by atoms with Gasteiger partial charge in [-0.15, -0.1) is 0 Å². The molecule has 0 amide bonds. The summed E-state index contributed by atoms with van der Waals surface area (Å²) in [7, 11) is 0.